The van der Waals surface area contributed by atoms with Crippen molar-refractivity contribution in [3.63, 3.8) is 0 Å². The molecule has 2 aromatic heterocycles. The molecule has 148 valence electrons. The molecule has 3 heterocycles. The van der Waals surface area contributed by atoms with Crippen LogP contribution >= 0.6 is 0 Å². The lowest BCUT2D eigenvalue weighted by Gasteiger charge is -2.36. The molecule has 0 unspecified atom stereocenters. The fourth-order valence-electron chi connectivity index (χ4n) is 3.70. The van der Waals surface area contributed by atoms with Gasteiger partial charge in [0, 0.05) is 44.5 Å². The lowest BCUT2D eigenvalue weighted by molar-refractivity contribution is 0.241. The first kappa shape index (κ1) is 18.5. The zero-order valence-electron chi connectivity index (χ0n) is 16.7. The maximum absolute atomic E-state index is 4.20. The van der Waals surface area contributed by atoms with Crippen molar-refractivity contribution in [2.75, 3.05) is 31.1 Å². The van der Waals surface area contributed by atoms with Gasteiger partial charge in [-0.25, -0.2) is 0 Å². The Balaban J connectivity index is 1.52. The molecule has 28 heavy (non-hydrogen) atoms. The van der Waals surface area contributed by atoms with Crippen LogP contribution in [0.25, 0.3) is 11.4 Å². The third-order valence-corrected chi connectivity index (χ3v) is 5.18. The molecule has 9 heteroatoms. The van der Waals surface area contributed by atoms with Crippen molar-refractivity contribution in [2.45, 2.75) is 26.8 Å². The second kappa shape index (κ2) is 8.05. The van der Waals surface area contributed by atoms with Gasteiger partial charge in [0.25, 0.3) is 0 Å². The van der Waals surface area contributed by atoms with E-state index in [0.29, 0.717) is 11.7 Å². The van der Waals surface area contributed by atoms with E-state index in [9.17, 15) is 0 Å². The molecule has 9 nitrogen and oxygen atoms in total. The molecule has 3 aromatic rings. The molecule has 1 aliphatic heterocycles. The molecular weight excluding hydrogens is 354 g/mol. The summed E-state index contributed by atoms with van der Waals surface area (Å²) in [6.45, 7) is 9.19. The standard InChI is InChI=1S/C19H27N9/c1-14(2)10-15-4-5-16(19-22-24-25-23-19)17(11-15)28-8-6-27(7-9-28)12-18-21-20-13-26(18)3/h4-5,11,13-14H,6-10,12H2,1-3H3,(H,22,23,24,25). The molecule has 0 bridgehead atoms. The van der Waals surface area contributed by atoms with Crippen LogP contribution < -0.4 is 4.90 Å². The van der Waals surface area contributed by atoms with Gasteiger partial charge in [-0.3, -0.25) is 4.90 Å². The summed E-state index contributed by atoms with van der Waals surface area (Å²) < 4.78 is 1.98. The summed E-state index contributed by atoms with van der Waals surface area (Å²) >= 11 is 0. The third-order valence-electron chi connectivity index (χ3n) is 5.18. The van der Waals surface area contributed by atoms with Gasteiger partial charge in [-0.1, -0.05) is 19.9 Å². The monoisotopic (exact) mass is 381 g/mol. The second-order valence-corrected chi connectivity index (χ2v) is 7.81. The van der Waals surface area contributed by atoms with Crippen LogP contribution in [0.4, 0.5) is 5.69 Å². The number of anilines is 1. The molecule has 0 amide bonds. The Morgan fingerprint density at radius 1 is 1.11 bits per heavy atom. The van der Waals surface area contributed by atoms with E-state index in [1.54, 1.807) is 6.33 Å². The average molecular weight is 381 g/mol. The molecule has 0 aliphatic carbocycles. The van der Waals surface area contributed by atoms with Gasteiger partial charge in [0.1, 0.15) is 12.2 Å². The molecule has 0 radical (unpaired) electrons. The van der Waals surface area contributed by atoms with Crippen molar-refractivity contribution in [1.29, 1.82) is 0 Å². The highest BCUT2D eigenvalue weighted by Gasteiger charge is 2.22. The summed E-state index contributed by atoms with van der Waals surface area (Å²) in [5.74, 6) is 2.26. The Bertz CT molecular complexity index is 892. The molecule has 0 saturated carbocycles. The molecule has 1 aliphatic rings. The average Bonchev–Trinajstić information content (AvgIpc) is 3.34. The van der Waals surface area contributed by atoms with Gasteiger partial charge >= 0.3 is 0 Å². The number of nitrogens with zero attached hydrogens (tertiary/aromatic N) is 8. The van der Waals surface area contributed by atoms with Crippen LogP contribution in [0.2, 0.25) is 0 Å². The summed E-state index contributed by atoms with van der Waals surface area (Å²) in [6.07, 6.45) is 2.81. The van der Waals surface area contributed by atoms with Gasteiger partial charge in [-0.2, -0.15) is 5.21 Å². The van der Waals surface area contributed by atoms with Gasteiger partial charge in [0.05, 0.1) is 6.54 Å². The smallest absolute Gasteiger partial charge is 0.206 e. The minimum atomic E-state index is 0.618. The minimum Gasteiger partial charge on any atom is -0.368 e. The van der Waals surface area contributed by atoms with Gasteiger partial charge in [0.15, 0.2) is 0 Å². The van der Waals surface area contributed by atoms with E-state index in [-0.39, 0.29) is 0 Å². The SMILES string of the molecule is CC(C)Cc1ccc(-c2nn[nH]n2)c(N2CCN(Cc3nncn3C)CC2)c1. The Labute approximate surface area is 164 Å². The van der Waals surface area contributed by atoms with Gasteiger partial charge < -0.3 is 9.47 Å². The van der Waals surface area contributed by atoms with Crippen LogP contribution in [0.15, 0.2) is 24.5 Å². The van der Waals surface area contributed by atoms with Crippen molar-refractivity contribution < 1.29 is 0 Å². The van der Waals surface area contributed by atoms with E-state index in [4.69, 9.17) is 0 Å². The van der Waals surface area contributed by atoms with Gasteiger partial charge in [-0.15, -0.1) is 20.4 Å². The van der Waals surface area contributed by atoms with Crippen LogP contribution in [0, 0.1) is 5.92 Å². The Morgan fingerprint density at radius 3 is 2.57 bits per heavy atom. The van der Waals surface area contributed by atoms with E-state index in [2.05, 4.69) is 72.7 Å². The normalized spacial score (nSPS) is 15.5. The molecule has 1 saturated heterocycles. The van der Waals surface area contributed by atoms with Crippen molar-refractivity contribution >= 4 is 5.69 Å². The number of benzene rings is 1. The zero-order chi connectivity index (χ0) is 19.5. The topological polar surface area (TPSA) is 91.7 Å². The molecule has 1 aromatic carbocycles. The fourth-order valence-corrected chi connectivity index (χ4v) is 3.70. The molecule has 0 spiro atoms. The number of hydrogen-bond acceptors (Lipinski definition) is 7. The number of tetrazole rings is 1. The first-order chi connectivity index (χ1) is 13.6. The van der Waals surface area contributed by atoms with E-state index < -0.39 is 0 Å². The number of rotatable bonds is 6. The van der Waals surface area contributed by atoms with Crippen LogP contribution in [0.3, 0.4) is 0 Å². The highest BCUT2D eigenvalue weighted by molar-refractivity contribution is 5.75. The summed E-state index contributed by atoms with van der Waals surface area (Å²) in [4.78, 5) is 4.86. The quantitative estimate of drug-likeness (QED) is 0.692. The predicted octanol–water partition coefficient (Wildman–Crippen LogP) is 1.52. The number of aryl methyl sites for hydroxylation is 1. The molecule has 0 atom stereocenters. The summed E-state index contributed by atoms with van der Waals surface area (Å²) in [7, 11) is 1.99. The molecular formula is C19H27N9. The summed E-state index contributed by atoms with van der Waals surface area (Å²) in [5.41, 5.74) is 3.57. The number of aromatic amines is 1. The first-order valence-electron chi connectivity index (χ1n) is 9.77. The Hall–Kier alpha value is -2.81. The van der Waals surface area contributed by atoms with Crippen LogP contribution in [0.1, 0.15) is 25.2 Å². The van der Waals surface area contributed by atoms with Crippen LogP contribution in [-0.2, 0) is 20.0 Å². The fraction of sp³-hybridized carbons (Fsp3) is 0.526. The van der Waals surface area contributed by atoms with E-state index in [1.165, 1.54) is 11.3 Å². The van der Waals surface area contributed by atoms with Crippen molar-refractivity contribution in [3.05, 3.63) is 35.9 Å². The molecule has 1 fully saturated rings. The molecule has 4 rings (SSSR count). The van der Waals surface area contributed by atoms with Crippen LogP contribution in [-0.4, -0.2) is 66.5 Å². The van der Waals surface area contributed by atoms with Crippen molar-refractivity contribution in [2.24, 2.45) is 13.0 Å². The highest BCUT2D eigenvalue weighted by atomic mass is 15.5. The van der Waals surface area contributed by atoms with E-state index in [1.807, 2.05) is 11.6 Å². The highest BCUT2D eigenvalue weighted by Crippen LogP contribution is 2.31. The van der Waals surface area contributed by atoms with Gasteiger partial charge in [-0.05, 0) is 35.2 Å². The largest absolute Gasteiger partial charge is 0.368 e. The Morgan fingerprint density at radius 2 is 1.93 bits per heavy atom. The van der Waals surface area contributed by atoms with Crippen molar-refractivity contribution in [1.82, 2.24) is 40.3 Å². The zero-order valence-corrected chi connectivity index (χ0v) is 16.7. The number of piperazine rings is 1. The predicted molar refractivity (Wildman–Crippen MR) is 107 cm³/mol. The third kappa shape index (κ3) is 4.04. The maximum atomic E-state index is 4.20. The minimum absolute atomic E-state index is 0.618. The summed E-state index contributed by atoms with van der Waals surface area (Å²) in [5, 5.41) is 22.9. The second-order valence-electron chi connectivity index (χ2n) is 7.81. The first-order valence-corrected chi connectivity index (χ1v) is 9.77. The van der Waals surface area contributed by atoms with E-state index >= 15 is 0 Å². The number of H-pyrrole nitrogens is 1. The lowest BCUT2D eigenvalue weighted by atomic mass is 9.99. The van der Waals surface area contributed by atoms with Crippen LogP contribution in [0.5, 0.6) is 0 Å². The summed E-state index contributed by atoms with van der Waals surface area (Å²) in [6, 6.07) is 6.60. The number of hydrogen-bond donors (Lipinski definition) is 1. The number of nitrogens with one attached hydrogen (secondary N) is 1. The van der Waals surface area contributed by atoms with Crippen molar-refractivity contribution in [3.8, 4) is 11.4 Å². The lowest BCUT2D eigenvalue weighted by Crippen LogP contribution is -2.46. The molecule has 1 N–H and O–H groups in total. The Kier molecular flexibility index (Phi) is 5.34. The maximum Gasteiger partial charge on any atom is 0.206 e. The van der Waals surface area contributed by atoms with Gasteiger partial charge in [0.2, 0.25) is 5.82 Å². The van der Waals surface area contributed by atoms with E-state index in [0.717, 1.165) is 50.5 Å². The number of aromatic nitrogens is 7.